The van der Waals surface area contributed by atoms with E-state index in [2.05, 4.69) is 26.0 Å². The third kappa shape index (κ3) is 3.19. The molecule has 1 rings (SSSR count). The van der Waals surface area contributed by atoms with Gasteiger partial charge in [-0.15, -0.1) is 0 Å². The summed E-state index contributed by atoms with van der Waals surface area (Å²) >= 11 is 0. The molecule has 0 unspecified atom stereocenters. The van der Waals surface area contributed by atoms with Gasteiger partial charge in [-0.2, -0.15) is 0 Å². The highest BCUT2D eigenvalue weighted by molar-refractivity contribution is 5.19. The molecule has 0 aliphatic carbocycles. The minimum Gasteiger partial charge on any atom is -0.396 e. The Balaban J connectivity index is 2.67. The van der Waals surface area contributed by atoms with Crippen molar-refractivity contribution in [2.45, 2.75) is 26.2 Å². The Kier molecular flexibility index (Phi) is 3.97. The molecular weight excluding hydrogens is 160 g/mol. The summed E-state index contributed by atoms with van der Waals surface area (Å²) < 4.78 is 0. The molecule has 0 aromatic heterocycles. The fourth-order valence-electron chi connectivity index (χ4n) is 1.61. The Bertz CT molecular complexity index is 228. The van der Waals surface area contributed by atoms with Crippen LogP contribution < -0.4 is 0 Å². The molecule has 72 valence electrons. The predicted molar refractivity (Wildman–Crippen MR) is 55.7 cm³/mol. The maximum Gasteiger partial charge on any atom is 0.0499 e. The van der Waals surface area contributed by atoms with Crippen LogP contribution in [-0.4, -0.2) is 11.7 Å². The van der Waals surface area contributed by atoms with Gasteiger partial charge in [-0.3, -0.25) is 0 Å². The molecule has 0 aliphatic rings. The predicted octanol–water partition coefficient (Wildman–Crippen LogP) is 2.81. The first kappa shape index (κ1) is 10.3. The van der Waals surface area contributed by atoms with Gasteiger partial charge in [-0.05, 0) is 17.9 Å². The molecule has 0 heterocycles. The molecule has 0 radical (unpaired) electrons. The summed E-state index contributed by atoms with van der Waals surface area (Å²) in [5, 5.41) is 9.23. The van der Waals surface area contributed by atoms with E-state index in [4.69, 9.17) is 0 Å². The van der Waals surface area contributed by atoms with Gasteiger partial charge in [0.1, 0.15) is 0 Å². The number of hydrogen-bond acceptors (Lipinski definition) is 1. The molecule has 0 saturated heterocycles. The lowest BCUT2D eigenvalue weighted by Gasteiger charge is -2.16. The summed E-state index contributed by atoms with van der Waals surface area (Å²) in [6, 6.07) is 10.2. The zero-order valence-corrected chi connectivity index (χ0v) is 8.40. The third-order valence-corrected chi connectivity index (χ3v) is 2.25. The van der Waals surface area contributed by atoms with Crippen LogP contribution in [0.3, 0.4) is 0 Å². The summed E-state index contributed by atoms with van der Waals surface area (Å²) in [5.74, 6) is 0.943. The van der Waals surface area contributed by atoms with E-state index in [0.717, 1.165) is 6.42 Å². The molecule has 1 nitrogen and oxygen atoms in total. The largest absolute Gasteiger partial charge is 0.396 e. The highest BCUT2D eigenvalue weighted by Crippen LogP contribution is 2.22. The van der Waals surface area contributed by atoms with Crippen LogP contribution in [0.4, 0.5) is 0 Å². The number of hydrogen-bond donors (Lipinski definition) is 1. The second kappa shape index (κ2) is 5.03. The van der Waals surface area contributed by atoms with Crippen molar-refractivity contribution in [3.8, 4) is 0 Å². The van der Waals surface area contributed by atoms with Gasteiger partial charge in [0.25, 0.3) is 0 Å². The van der Waals surface area contributed by atoms with E-state index in [1.807, 2.05) is 18.2 Å². The summed E-state index contributed by atoms with van der Waals surface area (Å²) in [6.07, 6.45) is 1.06. The van der Waals surface area contributed by atoms with Crippen LogP contribution in [0.1, 0.15) is 31.7 Å². The summed E-state index contributed by atoms with van der Waals surface area (Å²) in [5.41, 5.74) is 1.25. The van der Waals surface area contributed by atoms with Crippen molar-refractivity contribution in [3.05, 3.63) is 35.9 Å². The molecule has 1 N–H and O–H groups in total. The van der Waals surface area contributed by atoms with Gasteiger partial charge in [0.2, 0.25) is 0 Å². The Morgan fingerprint density at radius 3 is 2.23 bits per heavy atom. The van der Waals surface area contributed by atoms with Gasteiger partial charge in [0, 0.05) is 12.5 Å². The fraction of sp³-hybridized carbons (Fsp3) is 0.500. The number of rotatable bonds is 4. The van der Waals surface area contributed by atoms with Gasteiger partial charge in [-0.1, -0.05) is 44.2 Å². The third-order valence-electron chi connectivity index (χ3n) is 2.25. The average Bonchev–Trinajstić information content (AvgIpc) is 2.15. The van der Waals surface area contributed by atoms with E-state index in [1.165, 1.54) is 5.56 Å². The Morgan fingerprint density at radius 2 is 1.77 bits per heavy atom. The first-order valence-corrected chi connectivity index (χ1v) is 4.90. The molecule has 0 bridgehead atoms. The van der Waals surface area contributed by atoms with Crippen LogP contribution in [0.25, 0.3) is 0 Å². The van der Waals surface area contributed by atoms with Crippen molar-refractivity contribution in [2.24, 2.45) is 5.92 Å². The van der Waals surface area contributed by atoms with Crippen molar-refractivity contribution in [2.75, 3.05) is 6.61 Å². The number of aliphatic hydroxyl groups excluding tert-OH is 1. The van der Waals surface area contributed by atoms with Crippen molar-refractivity contribution >= 4 is 0 Å². The van der Waals surface area contributed by atoms with Crippen molar-refractivity contribution in [1.82, 2.24) is 0 Å². The molecule has 1 aromatic rings. The standard InChI is InChI=1S/C12H18O/c1-10(2)8-12(9-13)11-6-4-3-5-7-11/h3-7,10,12-13H,8-9H2,1-2H3/t12-/m1/s1. The molecule has 1 heteroatoms. The highest BCUT2D eigenvalue weighted by Gasteiger charge is 2.11. The Morgan fingerprint density at radius 1 is 1.15 bits per heavy atom. The normalized spacial score (nSPS) is 13.2. The molecule has 1 atom stereocenters. The minimum atomic E-state index is 0.252. The van der Waals surface area contributed by atoms with E-state index in [-0.39, 0.29) is 6.61 Å². The van der Waals surface area contributed by atoms with Crippen LogP contribution in [0, 0.1) is 5.92 Å². The van der Waals surface area contributed by atoms with Gasteiger partial charge in [-0.25, -0.2) is 0 Å². The van der Waals surface area contributed by atoms with E-state index in [0.29, 0.717) is 11.8 Å². The van der Waals surface area contributed by atoms with Crippen molar-refractivity contribution in [3.63, 3.8) is 0 Å². The van der Waals surface area contributed by atoms with Crippen molar-refractivity contribution < 1.29 is 5.11 Å². The summed E-state index contributed by atoms with van der Waals surface area (Å²) in [4.78, 5) is 0. The van der Waals surface area contributed by atoms with E-state index in [1.54, 1.807) is 0 Å². The lowest BCUT2D eigenvalue weighted by Crippen LogP contribution is -2.07. The van der Waals surface area contributed by atoms with E-state index >= 15 is 0 Å². The topological polar surface area (TPSA) is 20.2 Å². The first-order valence-electron chi connectivity index (χ1n) is 4.90. The molecule has 1 aromatic carbocycles. The van der Waals surface area contributed by atoms with Gasteiger partial charge in [0.05, 0.1) is 0 Å². The van der Waals surface area contributed by atoms with Crippen LogP contribution in [-0.2, 0) is 0 Å². The molecule has 0 amide bonds. The van der Waals surface area contributed by atoms with E-state index < -0.39 is 0 Å². The molecular formula is C12H18O. The van der Waals surface area contributed by atoms with Crippen LogP contribution in [0.5, 0.6) is 0 Å². The average molecular weight is 178 g/mol. The number of aliphatic hydroxyl groups is 1. The minimum absolute atomic E-state index is 0.252. The first-order chi connectivity index (χ1) is 6.24. The highest BCUT2D eigenvalue weighted by atomic mass is 16.3. The molecule has 0 spiro atoms. The zero-order chi connectivity index (χ0) is 9.68. The monoisotopic (exact) mass is 178 g/mol. The molecule has 0 aliphatic heterocycles. The smallest absolute Gasteiger partial charge is 0.0499 e. The van der Waals surface area contributed by atoms with Gasteiger partial charge >= 0.3 is 0 Å². The molecule has 0 fully saturated rings. The second-order valence-corrected chi connectivity index (χ2v) is 3.92. The van der Waals surface area contributed by atoms with Crippen LogP contribution >= 0.6 is 0 Å². The maximum absolute atomic E-state index is 9.23. The van der Waals surface area contributed by atoms with Crippen molar-refractivity contribution in [1.29, 1.82) is 0 Å². The van der Waals surface area contributed by atoms with Gasteiger partial charge in [0.15, 0.2) is 0 Å². The lowest BCUT2D eigenvalue weighted by atomic mass is 9.91. The molecule has 13 heavy (non-hydrogen) atoms. The lowest BCUT2D eigenvalue weighted by molar-refractivity contribution is 0.249. The van der Waals surface area contributed by atoms with E-state index in [9.17, 15) is 5.11 Å². The maximum atomic E-state index is 9.23. The second-order valence-electron chi connectivity index (χ2n) is 3.92. The Labute approximate surface area is 80.4 Å². The zero-order valence-electron chi connectivity index (χ0n) is 8.40. The quantitative estimate of drug-likeness (QED) is 0.751. The Hall–Kier alpha value is -0.820. The van der Waals surface area contributed by atoms with Crippen LogP contribution in [0.15, 0.2) is 30.3 Å². The summed E-state index contributed by atoms with van der Waals surface area (Å²) in [7, 11) is 0. The molecule has 0 saturated carbocycles. The summed E-state index contributed by atoms with van der Waals surface area (Å²) in [6.45, 7) is 4.62. The fourth-order valence-corrected chi connectivity index (χ4v) is 1.61. The number of benzene rings is 1. The van der Waals surface area contributed by atoms with Crippen LogP contribution in [0.2, 0.25) is 0 Å². The van der Waals surface area contributed by atoms with Gasteiger partial charge < -0.3 is 5.11 Å². The SMILES string of the molecule is CC(C)C[C@H](CO)c1ccccc1.